The number of nitrogens with two attached hydrogens (primary N) is 1. The third-order valence-corrected chi connectivity index (χ3v) is 5.65. The van der Waals surface area contributed by atoms with Crippen molar-refractivity contribution >= 4 is 34.0 Å². The average Bonchev–Trinajstić information content (AvgIpc) is 3.19. The van der Waals surface area contributed by atoms with Gasteiger partial charge in [0.2, 0.25) is 0 Å². The third kappa shape index (κ3) is 5.20. The molecule has 0 aliphatic heterocycles. The third-order valence-electron chi connectivity index (χ3n) is 5.65. The molecule has 4 rings (SSSR count). The van der Waals surface area contributed by atoms with Crippen molar-refractivity contribution < 1.29 is 9.84 Å². The maximum Gasteiger partial charge on any atom is 0.260 e. The monoisotopic (exact) mass is 473 g/mol. The molecule has 0 fully saturated rings. The maximum absolute atomic E-state index is 9.18. The van der Waals surface area contributed by atoms with Gasteiger partial charge in [0.25, 0.3) is 5.88 Å². The summed E-state index contributed by atoms with van der Waals surface area (Å²) in [5.41, 5.74) is 11.2. The fourth-order valence-electron chi connectivity index (χ4n) is 3.97. The molecule has 0 radical (unpaired) electrons. The summed E-state index contributed by atoms with van der Waals surface area (Å²) in [5, 5.41) is 25.3. The van der Waals surface area contributed by atoms with E-state index >= 15 is 0 Å². The quantitative estimate of drug-likeness (QED) is 0.350. The van der Waals surface area contributed by atoms with E-state index in [2.05, 4.69) is 48.2 Å². The molecule has 1 aliphatic carbocycles. The first kappa shape index (κ1) is 24.0. The number of aliphatic imine (C=N–C) groups is 1. The summed E-state index contributed by atoms with van der Waals surface area (Å²) < 4.78 is 7.28. The molecule has 0 unspecified atom stereocenters. The lowest BCUT2D eigenvalue weighted by molar-refractivity contribution is 0.197. The molecule has 0 bridgehead atoms. The van der Waals surface area contributed by atoms with Gasteiger partial charge in [-0.15, -0.1) is 5.10 Å². The van der Waals surface area contributed by atoms with E-state index in [4.69, 9.17) is 20.9 Å². The molecule has 3 aromatic rings. The maximum atomic E-state index is 9.18. The molecular formula is C26H31N7O2. The van der Waals surface area contributed by atoms with Gasteiger partial charge in [0.1, 0.15) is 6.61 Å². The lowest BCUT2D eigenvalue weighted by Crippen LogP contribution is -2.30. The molecule has 0 atom stereocenters. The molecule has 0 amide bonds. The number of aliphatic hydroxyl groups excluding tert-OH is 1. The van der Waals surface area contributed by atoms with Crippen LogP contribution in [0.25, 0.3) is 5.52 Å². The van der Waals surface area contributed by atoms with E-state index in [1.807, 2.05) is 30.3 Å². The Kier molecular flexibility index (Phi) is 7.17. The zero-order chi connectivity index (χ0) is 24.9. The summed E-state index contributed by atoms with van der Waals surface area (Å²) >= 11 is 0. The molecule has 2 aromatic heterocycles. The van der Waals surface area contributed by atoms with E-state index in [1.54, 1.807) is 22.9 Å². The smallest absolute Gasteiger partial charge is 0.260 e. The van der Waals surface area contributed by atoms with Crippen LogP contribution in [0.15, 0.2) is 77.2 Å². The minimum absolute atomic E-state index is 0.0998. The van der Waals surface area contributed by atoms with E-state index in [0.717, 1.165) is 23.4 Å². The van der Waals surface area contributed by atoms with Crippen molar-refractivity contribution in [2.24, 2.45) is 10.7 Å². The number of fused-ring (bicyclic) bond motifs is 1. The van der Waals surface area contributed by atoms with Crippen molar-refractivity contribution in [1.82, 2.24) is 9.61 Å². The second-order valence-corrected chi connectivity index (χ2v) is 8.38. The summed E-state index contributed by atoms with van der Waals surface area (Å²) in [4.78, 5) is 7.06. The van der Waals surface area contributed by atoms with E-state index in [0.29, 0.717) is 34.7 Å². The molecule has 9 heteroatoms. The van der Waals surface area contributed by atoms with Gasteiger partial charge in [-0.2, -0.15) is 0 Å². The van der Waals surface area contributed by atoms with Gasteiger partial charge < -0.3 is 25.8 Å². The SMILES string of the molecule is CCN(c1ccc(NC2=CC(=Nc3c(OCCO)nn4ccccc34)C(N)=CC2=N)cc1)C(C)C. The number of nitrogens with zero attached hydrogens (tertiary/aromatic N) is 4. The van der Waals surface area contributed by atoms with Gasteiger partial charge in [-0.3, -0.25) is 5.41 Å². The molecule has 0 spiro atoms. The highest BCUT2D eigenvalue weighted by Crippen LogP contribution is 2.33. The second kappa shape index (κ2) is 10.4. The normalized spacial score (nSPS) is 14.9. The predicted molar refractivity (Wildman–Crippen MR) is 141 cm³/mol. The molecule has 35 heavy (non-hydrogen) atoms. The van der Waals surface area contributed by atoms with E-state index in [1.165, 1.54) is 0 Å². The number of ether oxygens (including phenoxy) is 1. The van der Waals surface area contributed by atoms with Gasteiger partial charge in [0.05, 0.1) is 34.9 Å². The first-order chi connectivity index (χ1) is 16.9. The van der Waals surface area contributed by atoms with Gasteiger partial charge in [-0.25, -0.2) is 9.51 Å². The van der Waals surface area contributed by atoms with Gasteiger partial charge in [-0.1, -0.05) is 6.07 Å². The van der Waals surface area contributed by atoms with Crippen LogP contribution in [-0.2, 0) is 0 Å². The standard InChI is InChI=1S/C26H31N7O2/c1-4-32(17(2)3)19-10-8-18(9-11-19)29-22-16-23(21(28)15-20(22)27)30-25-24-7-5-6-12-33(24)31-26(25)35-14-13-34/h5-12,15-17,27,29,34H,4,13-14,28H2,1-3H3. The number of aliphatic hydroxyl groups is 1. The van der Waals surface area contributed by atoms with E-state index in [-0.39, 0.29) is 18.9 Å². The summed E-state index contributed by atoms with van der Waals surface area (Å²) in [6, 6.07) is 14.2. The fourth-order valence-corrected chi connectivity index (χ4v) is 3.97. The Labute approximate surface area is 204 Å². The Morgan fingerprint density at radius 2 is 1.97 bits per heavy atom. The summed E-state index contributed by atoms with van der Waals surface area (Å²) in [6.07, 6.45) is 5.12. The Hall–Kier alpha value is -4.11. The first-order valence-electron chi connectivity index (χ1n) is 11.6. The number of hydrogen-bond donors (Lipinski definition) is 4. The number of rotatable bonds is 9. The largest absolute Gasteiger partial charge is 0.473 e. The lowest BCUT2D eigenvalue weighted by Gasteiger charge is -2.27. The number of hydrogen-bond acceptors (Lipinski definition) is 8. The minimum Gasteiger partial charge on any atom is -0.473 e. The van der Waals surface area contributed by atoms with Crippen LogP contribution in [-0.4, -0.2) is 51.9 Å². The van der Waals surface area contributed by atoms with Gasteiger partial charge in [-0.05, 0) is 69.3 Å². The zero-order valence-electron chi connectivity index (χ0n) is 20.2. The molecular weight excluding hydrogens is 442 g/mol. The van der Waals surface area contributed by atoms with Crippen LogP contribution in [0.3, 0.4) is 0 Å². The molecule has 2 heterocycles. The highest BCUT2D eigenvalue weighted by atomic mass is 16.5. The predicted octanol–water partition coefficient (Wildman–Crippen LogP) is 3.88. The average molecular weight is 474 g/mol. The van der Waals surface area contributed by atoms with Crippen LogP contribution in [0.2, 0.25) is 0 Å². The highest BCUT2D eigenvalue weighted by Gasteiger charge is 2.19. The van der Waals surface area contributed by atoms with Crippen molar-refractivity contribution in [3.8, 4) is 5.88 Å². The van der Waals surface area contributed by atoms with Crippen LogP contribution < -0.4 is 20.7 Å². The number of allylic oxidation sites excluding steroid dienone is 2. The number of nitrogens with one attached hydrogen (secondary N) is 2. The molecule has 182 valence electrons. The molecule has 5 N–H and O–H groups in total. The minimum atomic E-state index is -0.136. The van der Waals surface area contributed by atoms with Crippen LogP contribution in [0.4, 0.5) is 17.1 Å². The van der Waals surface area contributed by atoms with Crippen molar-refractivity contribution in [3.05, 3.63) is 72.2 Å². The summed E-state index contributed by atoms with van der Waals surface area (Å²) in [7, 11) is 0. The van der Waals surface area contributed by atoms with Crippen molar-refractivity contribution in [2.45, 2.75) is 26.8 Å². The lowest BCUT2D eigenvalue weighted by atomic mass is 10.0. The van der Waals surface area contributed by atoms with E-state index in [9.17, 15) is 5.11 Å². The highest BCUT2D eigenvalue weighted by molar-refractivity contribution is 6.24. The van der Waals surface area contributed by atoms with Crippen LogP contribution in [0, 0.1) is 5.41 Å². The van der Waals surface area contributed by atoms with Gasteiger partial charge in [0, 0.05) is 30.2 Å². The Bertz CT molecular complexity index is 1300. The number of pyridine rings is 1. The molecule has 1 aromatic carbocycles. The number of anilines is 2. The van der Waals surface area contributed by atoms with Crippen LogP contribution in [0.5, 0.6) is 5.88 Å². The Balaban J connectivity index is 1.65. The molecule has 9 nitrogen and oxygen atoms in total. The van der Waals surface area contributed by atoms with Crippen molar-refractivity contribution in [3.63, 3.8) is 0 Å². The Morgan fingerprint density at radius 3 is 2.66 bits per heavy atom. The van der Waals surface area contributed by atoms with Gasteiger partial charge >= 0.3 is 0 Å². The van der Waals surface area contributed by atoms with Crippen molar-refractivity contribution in [2.75, 3.05) is 30.0 Å². The van der Waals surface area contributed by atoms with Crippen molar-refractivity contribution in [1.29, 1.82) is 5.41 Å². The second-order valence-electron chi connectivity index (χ2n) is 8.38. The Morgan fingerprint density at radius 1 is 1.20 bits per heavy atom. The summed E-state index contributed by atoms with van der Waals surface area (Å²) in [6.45, 7) is 7.38. The molecule has 0 saturated heterocycles. The number of aromatic nitrogens is 2. The molecule has 0 saturated carbocycles. The zero-order valence-corrected chi connectivity index (χ0v) is 20.2. The summed E-state index contributed by atoms with van der Waals surface area (Å²) in [5.74, 6) is 0.301. The topological polar surface area (TPSA) is 124 Å². The fraction of sp³-hybridized carbons (Fsp3) is 0.269. The number of benzene rings is 1. The van der Waals surface area contributed by atoms with E-state index < -0.39 is 0 Å². The first-order valence-corrected chi connectivity index (χ1v) is 11.6. The molecule has 1 aliphatic rings. The van der Waals surface area contributed by atoms with Crippen LogP contribution >= 0.6 is 0 Å². The van der Waals surface area contributed by atoms with Gasteiger partial charge in [0.15, 0.2) is 5.69 Å². The van der Waals surface area contributed by atoms with Crippen LogP contribution in [0.1, 0.15) is 20.8 Å².